The van der Waals surface area contributed by atoms with Crippen LogP contribution in [0.15, 0.2) is 46.0 Å². The van der Waals surface area contributed by atoms with Crippen LogP contribution in [0.5, 0.6) is 0 Å². The average Bonchev–Trinajstić information content (AvgIpc) is 2.66. The molecule has 1 heterocycles. The summed E-state index contributed by atoms with van der Waals surface area (Å²) in [4.78, 5) is 15.4. The molecular weight excluding hydrogens is 390 g/mol. The molecule has 1 aliphatic carbocycles. The molecule has 154 valence electrons. The molecule has 0 saturated carbocycles. The molecule has 0 radical (unpaired) electrons. The minimum Gasteiger partial charge on any atom is -0.380 e. The van der Waals surface area contributed by atoms with Crippen LogP contribution in [0.4, 0.5) is 23.5 Å². The molecule has 0 bridgehead atoms. The molecular formula is C20H19F4N3O2. The van der Waals surface area contributed by atoms with E-state index in [-0.39, 0.29) is 18.1 Å². The minimum atomic E-state index is -1.59. The van der Waals surface area contributed by atoms with Gasteiger partial charge in [0.1, 0.15) is 0 Å². The normalized spacial score (nSPS) is 14.2. The molecule has 0 saturated heterocycles. The summed E-state index contributed by atoms with van der Waals surface area (Å²) < 4.78 is 60.4. The standard InChI is InChI=1S/C20H19F4N3O2/c1-11-3-4-12(10-29-2)7-17(11)25-20-26-19(28)16(23)9-27(20)8-13-5-14(21)18(24)15(22)6-13/h5-7,9H,3-4,8,10H2,1-2H3,(H,25,26,28). The van der Waals surface area contributed by atoms with Gasteiger partial charge >= 0.3 is 5.56 Å². The highest BCUT2D eigenvalue weighted by atomic mass is 19.2. The van der Waals surface area contributed by atoms with Crippen molar-refractivity contribution in [3.8, 4) is 0 Å². The Kier molecular flexibility index (Phi) is 6.17. The van der Waals surface area contributed by atoms with E-state index in [4.69, 9.17) is 4.74 Å². The SMILES string of the molecule is COCC1=CC(Nc2nc(=O)c(F)cn2Cc2cc(F)c(F)c(F)c2)=C(C)CC1. The van der Waals surface area contributed by atoms with Crippen molar-refractivity contribution in [3.63, 3.8) is 0 Å². The van der Waals surface area contributed by atoms with Crippen molar-refractivity contribution in [3.05, 3.63) is 80.4 Å². The van der Waals surface area contributed by atoms with Gasteiger partial charge in [-0.15, -0.1) is 0 Å². The van der Waals surface area contributed by atoms with Crippen LogP contribution in [0.3, 0.4) is 0 Å². The molecule has 0 aliphatic heterocycles. The fraction of sp³-hybridized carbons (Fsp3) is 0.300. The maximum atomic E-state index is 13.8. The number of rotatable bonds is 6. The van der Waals surface area contributed by atoms with Gasteiger partial charge in [-0.05, 0) is 54.7 Å². The third-order valence-electron chi connectivity index (χ3n) is 4.56. The van der Waals surface area contributed by atoms with Gasteiger partial charge in [0.2, 0.25) is 11.8 Å². The van der Waals surface area contributed by atoms with Gasteiger partial charge in [-0.3, -0.25) is 4.79 Å². The summed E-state index contributed by atoms with van der Waals surface area (Å²) in [5.74, 6) is -5.44. The summed E-state index contributed by atoms with van der Waals surface area (Å²) in [6, 6.07) is 1.61. The van der Waals surface area contributed by atoms with Gasteiger partial charge in [-0.2, -0.15) is 9.37 Å². The first-order valence-electron chi connectivity index (χ1n) is 8.84. The first-order valence-corrected chi connectivity index (χ1v) is 8.84. The molecule has 0 atom stereocenters. The summed E-state index contributed by atoms with van der Waals surface area (Å²) in [5.41, 5.74) is 1.66. The highest BCUT2D eigenvalue weighted by molar-refractivity contribution is 5.46. The van der Waals surface area contributed by atoms with E-state index in [9.17, 15) is 22.4 Å². The molecule has 1 aliphatic rings. The van der Waals surface area contributed by atoms with E-state index >= 15 is 0 Å². The average molecular weight is 409 g/mol. The van der Waals surface area contributed by atoms with E-state index in [0.717, 1.165) is 42.3 Å². The van der Waals surface area contributed by atoms with Gasteiger partial charge in [0, 0.05) is 19.0 Å². The molecule has 0 spiro atoms. The van der Waals surface area contributed by atoms with Crippen molar-refractivity contribution in [2.75, 3.05) is 19.0 Å². The molecule has 2 aromatic rings. The van der Waals surface area contributed by atoms with Crippen LogP contribution < -0.4 is 10.9 Å². The monoisotopic (exact) mass is 409 g/mol. The number of nitrogens with one attached hydrogen (secondary N) is 1. The summed E-state index contributed by atoms with van der Waals surface area (Å²) in [5, 5.41) is 2.99. The molecule has 29 heavy (non-hydrogen) atoms. The van der Waals surface area contributed by atoms with Crippen LogP contribution in [0.2, 0.25) is 0 Å². The number of aromatic nitrogens is 2. The number of benzene rings is 1. The van der Waals surface area contributed by atoms with Gasteiger partial charge in [0.15, 0.2) is 17.5 Å². The van der Waals surface area contributed by atoms with Crippen LogP contribution in [-0.4, -0.2) is 23.3 Å². The number of hydrogen-bond donors (Lipinski definition) is 1. The summed E-state index contributed by atoms with van der Waals surface area (Å²) in [6.07, 6.45) is 4.33. The molecule has 9 heteroatoms. The number of methoxy groups -OCH3 is 1. The Bertz CT molecular complexity index is 1030. The Morgan fingerprint density at radius 3 is 2.48 bits per heavy atom. The minimum absolute atomic E-state index is 0.00851. The Morgan fingerprint density at radius 1 is 1.14 bits per heavy atom. The van der Waals surface area contributed by atoms with Crippen molar-refractivity contribution in [1.29, 1.82) is 0 Å². The van der Waals surface area contributed by atoms with Crippen LogP contribution in [0.25, 0.3) is 0 Å². The Labute approximate surface area is 164 Å². The van der Waals surface area contributed by atoms with Crippen LogP contribution in [0, 0.1) is 23.3 Å². The zero-order chi connectivity index (χ0) is 21.1. The van der Waals surface area contributed by atoms with Crippen LogP contribution in [0.1, 0.15) is 25.3 Å². The van der Waals surface area contributed by atoms with Crippen molar-refractivity contribution in [2.24, 2.45) is 0 Å². The maximum Gasteiger partial charge on any atom is 0.310 e. The summed E-state index contributed by atoms with van der Waals surface area (Å²) >= 11 is 0. The molecule has 0 amide bonds. The number of anilines is 1. The highest BCUT2D eigenvalue weighted by Gasteiger charge is 2.16. The fourth-order valence-corrected chi connectivity index (χ4v) is 3.03. The molecule has 1 N–H and O–H groups in total. The number of hydrogen-bond acceptors (Lipinski definition) is 4. The fourth-order valence-electron chi connectivity index (χ4n) is 3.03. The predicted molar refractivity (Wildman–Crippen MR) is 99.4 cm³/mol. The summed E-state index contributed by atoms with van der Waals surface area (Å²) in [6.45, 7) is 2.11. The van der Waals surface area contributed by atoms with Crippen molar-refractivity contribution >= 4 is 5.95 Å². The first kappa shape index (κ1) is 20.8. The molecule has 1 aromatic carbocycles. The molecule has 1 aromatic heterocycles. The summed E-state index contributed by atoms with van der Waals surface area (Å²) in [7, 11) is 1.58. The lowest BCUT2D eigenvalue weighted by Crippen LogP contribution is -2.22. The van der Waals surface area contributed by atoms with Crippen molar-refractivity contribution in [1.82, 2.24) is 9.55 Å². The first-order chi connectivity index (χ1) is 13.8. The second kappa shape index (κ2) is 8.60. The van der Waals surface area contributed by atoms with E-state index in [0.29, 0.717) is 12.3 Å². The lowest BCUT2D eigenvalue weighted by molar-refractivity contribution is 0.222. The second-order valence-electron chi connectivity index (χ2n) is 6.77. The lowest BCUT2D eigenvalue weighted by atomic mass is 9.97. The van der Waals surface area contributed by atoms with E-state index < -0.39 is 28.8 Å². The Hall–Kier alpha value is -2.94. The quantitative estimate of drug-likeness (QED) is 0.581. The Morgan fingerprint density at radius 2 is 1.83 bits per heavy atom. The third kappa shape index (κ3) is 4.73. The molecule has 5 nitrogen and oxygen atoms in total. The largest absolute Gasteiger partial charge is 0.380 e. The van der Waals surface area contributed by atoms with E-state index in [1.165, 1.54) is 4.57 Å². The lowest BCUT2D eigenvalue weighted by Gasteiger charge is -2.21. The van der Waals surface area contributed by atoms with Crippen LogP contribution in [-0.2, 0) is 11.3 Å². The maximum absolute atomic E-state index is 13.8. The Balaban J connectivity index is 1.98. The topological polar surface area (TPSA) is 56.1 Å². The van der Waals surface area contributed by atoms with E-state index in [1.807, 2.05) is 13.0 Å². The zero-order valence-corrected chi connectivity index (χ0v) is 15.9. The third-order valence-corrected chi connectivity index (χ3v) is 4.56. The van der Waals surface area contributed by atoms with Gasteiger partial charge in [0.05, 0.1) is 13.2 Å². The van der Waals surface area contributed by atoms with E-state index in [1.54, 1.807) is 7.11 Å². The van der Waals surface area contributed by atoms with E-state index in [2.05, 4.69) is 10.3 Å². The van der Waals surface area contributed by atoms with Gasteiger partial charge < -0.3 is 14.6 Å². The predicted octanol–water partition coefficient (Wildman–Crippen LogP) is 3.90. The highest BCUT2D eigenvalue weighted by Crippen LogP contribution is 2.25. The van der Waals surface area contributed by atoms with Crippen LogP contribution >= 0.6 is 0 Å². The number of ether oxygens (including phenoxy) is 1. The second-order valence-corrected chi connectivity index (χ2v) is 6.77. The van der Waals surface area contributed by atoms with Crippen molar-refractivity contribution < 1.29 is 22.3 Å². The van der Waals surface area contributed by atoms with Crippen molar-refractivity contribution in [2.45, 2.75) is 26.3 Å². The smallest absolute Gasteiger partial charge is 0.310 e. The number of nitrogens with zero attached hydrogens (tertiary/aromatic N) is 2. The number of halogens is 4. The number of allylic oxidation sites excluding steroid dienone is 2. The van der Waals surface area contributed by atoms with Gasteiger partial charge in [-0.25, -0.2) is 13.2 Å². The van der Waals surface area contributed by atoms with Gasteiger partial charge in [0.25, 0.3) is 0 Å². The molecule has 3 rings (SSSR count). The van der Waals surface area contributed by atoms with Gasteiger partial charge in [-0.1, -0.05) is 0 Å². The zero-order valence-electron chi connectivity index (χ0n) is 15.9. The molecule has 0 fully saturated rings. The molecule has 0 unspecified atom stereocenters.